The summed E-state index contributed by atoms with van der Waals surface area (Å²) in [5, 5.41) is 10.9. The molecule has 90 valence electrons. The van der Waals surface area contributed by atoms with E-state index in [-0.39, 0.29) is 13.2 Å². The standard InChI is InChI=1S/C12H13NO3S/c14-8-7-13(17(15)16)12-6-5-10-3-1-2-4-11(10)9-12/h1-6,9,14H,7-8H2,(H,15,16)/p-1. The molecule has 1 unspecified atom stereocenters. The monoisotopic (exact) mass is 250 g/mol. The van der Waals surface area contributed by atoms with Crippen LogP contribution in [0.1, 0.15) is 0 Å². The Hall–Kier alpha value is -1.43. The molecule has 2 aromatic rings. The Labute approximate surface area is 102 Å². The summed E-state index contributed by atoms with van der Waals surface area (Å²) in [5.41, 5.74) is 0.561. The smallest absolute Gasteiger partial charge is 0.0617 e. The number of fused-ring (bicyclic) bond motifs is 1. The van der Waals surface area contributed by atoms with Crippen LogP contribution in [0.25, 0.3) is 10.8 Å². The first-order valence-electron chi connectivity index (χ1n) is 5.19. The molecule has 0 bridgehead atoms. The normalized spacial score (nSPS) is 12.6. The third-order valence-corrected chi connectivity index (χ3v) is 3.26. The lowest BCUT2D eigenvalue weighted by atomic mass is 10.1. The van der Waals surface area contributed by atoms with Gasteiger partial charge in [0, 0.05) is 17.0 Å². The topological polar surface area (TPSA) is 63.6 Å². The van der Waals surface area contributed by atoms with Gasteiger partial charge in [0.05, 0.1) is 13.2 Å². The summed E-state index contributed by atoms with van der Waals surface area (Å²) < 4.78 is 23.2. The van der Waals surface area contributed by atoms with Crippen LogP contribution in [0.15, 0.2) is 42.5 Å². The van der Waals surface area contributed by atoms with Gasteiger partial charge in [-0.1, -0.05) is 30.3 Å². The maximum atomic E-state index is 11.0. The lowest BCUT2D eigenvalue weighted by molar-refractivity contribution is 0.306. The fraction of sp³-hybridized carbons (Fsp3) is 0.167. The molecule has 1 atom stereocenters. The van der Waals surface area contributed by atoms with Gasteiger partial charge in [-0.05, 0) is 22.9 Å². The van der Waals surface area contributed by atoms with Crippen LogP contribution in [-0.4, -0.2) is 27.0 Å². The average molecular weight is 250 g/mol. The number of anilines is 1. The highest BCUT2D eigenvalue weighted by molar-refractivity contribution is 7.80. The zero-order valence-corrected chi connectivity index (χ0v) is 9.89. The lowest BCUT2D eigenvalue weighted by Crippen LogP contribution is -2.28. The minimum absolute atomic E-state index is 0.0639. The largest absolute Gasteiger partial charge is 0.755 e. The Balaban J connectivity index is 2.43. The molecule has 0 amide bonds. The second-order valence-electron chi connectivity index (χ2n) is 3.57. The fourth-order valence-electron chi connectivity index (χ4n) is 1.71. The Morgan fingerprint density at radius 3 is 2.53 bits per heavy atom. The fourth-order valence-corrected chi connectivity index (χ4v) is 2.23. The van der Waals surface area contributed by atoms with Crippen molar-refractivity contribution in [2.75, 3.05) is 17.5 Å². The highest BCUT2D eigenvalue weighted by Crippen LogP contribution is 2.22. The van der Waals surface area contributed by atoms with Crippen molar-refractivity contribution >= 4 is 27.7 Å². The van der Waals surface area contributed by atoms with Gasteiger partial charge in [-0.15, -0.1) is 0 Å². The van der Waals surface area contributed by atoms with Gasteiger partial charge in [0.1, 0.15) is 0 Å². The van der Waals surface area contributed by atoms with E-state index in [0.717, 1.165) is 15.1 Å². The zero-order valence-electron chi connectivity index (χ0n) is 9.07. The quantitative estimate of drug-likeness (QED) is 0.835. The van der Waals surface area contributed by atoms with Gasteiger partial charge >= 0.3 is 0 Å². The number of aliphatic hydroxyl groups excluding tert-OH is 1. The van der Waals surface area contributed by atoms with Crippen molar-refractivity contribution < 1.29 is 13.9 Å². The number of hydrogen-bond donors (Lipinski definition) is 1. The Morgan fingerprint density at radius 2 is 1.88 bits per heavy atom. The number of benzene rings is 2. The van der Waals surface area contributed by atoms with E-state index in [0.29, 0.717) is 5.69 Å². The van der Waals surface area contributed by atoms with Gasteiger partial charge in [0.15, 0.2) is 0 Å². The van der Waals surface area contributed by atoms with E-state index in [1.165, 1.54) is 0 Å². The van der Waals surface area contributed by atoms with E-state index >= 15 is 0 Å². The Kier molecular flexibility index (Phi) is 3.73. The third kappa shape index (κ3) is 2.63. The van der Waals surface area contributed by atoms with E-state index in [4.69, 9.17) is 5.11 Å². The molecule has 0 heterocycles. The first-order valence-corrected chi connectivity index (χ1v) is 6.22. The van der Waals surface area contributed by atoms with Crippen molar-refractivity contribution in [1.29, 1.82) is 0 Å². The predicted octanol–water partition coefficient (Wildman–Crippen LogP) is 1.43. The van der Waals surface area contributed by atoms with Crippen LogP contribution in [0.3, 0.4) is 0 Å². The second kappa shape index (κ2) is 5.27. The molecule has 5 heteroatoms. The van der Waals surface area contributed by atoms with Crippen LogP contribution in [0.5, 0.6) is 0 Å². The number of aliphatic hydroxyl groups is 1. The average Bonchev–Trinajstić information content (AvgIpc) is 2.35. The highest BCUT2D eigenvalue weighted by Gasteiger charge is 2.06. The van der Waals surface area contributed by atoms with Crippen molar-refractivity contribution in [1.82, 2.24) is 0 Å². The van der Waals surface area contributed by atoms with E-state index in [1.54, 1.807) is 12.1 Å². The summed E-state index contributed by atoms with van der Waals surface area (Å²) in [4.78, 5) is 0. The number of hydrogen-bond acceptors (Lipinski definition) is 3. The van der Waals surface area contributed by atoms with E-state index in [1.807, 2.05) is 30.3 Å². The molecule has 0 spiro atoms. The Bertz CT molecular complexity index is 544. The minimum atomic E-state index is -2.37. The molecule has 0 aliphatic carbocycles. The first kappa shape index (κ1) is 12.0. The maximum absolute atomic E-state index is 11.0. The third-order valence-electron chi connectivity index (χ3n) is 2.50. The second-order valence-corrected chi connectivity index (χ2v) is 4.45. The lowest BCUT2D eigenvalue weighted by Gasteiger charge is -2.25. The van der Waals surface area contributed by atoms with Crippen molar-refractivity contribution in [2.45, 2.75) is 0 Å². The van der Waals surface area contributed by atoms with Gasteiger partial charge in [-0.3, -0.25) is 4.21 Å². The summed E-state index contributed by atoms with van der Waals surface area (Å²) in [6, 6.07) is 13.1. The molecular weight excluding hydrogens is 238 g/mol. The molecule has 4 nitrogen and oxygen atoms in total. The summed E-state index contributed by atoms with van der Waals surface area (Å²) in [5.74, 6) is 0. The van der Waals surface area contributed by atoms with E-state index in [9.17, 15) is 8.76 Å². The molecule has 0 radical (unpaired) electrons. The minimum Gasteiger partial charge on any atom is -0.755 e. The summed E-state index contributed by atoms with van der Waals surface area (Å²) in [6.45, 7) is -0.144. The molecule has 17 heavy (non-hydrogen) atoms. The van der Waals surface area contributed by atoms with Gasteiger partial charge in [-0.25, -0.2) is 0 Å². The van der Waals surface area contributed by atoms with Crippen molar-refractivity contribution in [3.63, 3.8) is 0 Å². The molecule has 0 aliphatic rings. The van der Waals surface area contributed by atoms with Gasteiger partial charge in [-0.2, -0.15) is 0 Å². The maximum Gasteiger partial charge on any atom is 0.0617 e. The van der Waals surface area contributed by atoms with E-state index < -0.39 is 11.3 Å². The molecule has 1 N–H and O–H groups in total. The van der Waals surface area contributed by atoms with Crippen molar-refractivity contribution in [2.24, 2.45) is 0 Å². The summed E-state index contributed by atoms with van der Waals surface area (Å²) in [6.07, 6.45) is 0. The summed E-state index contributed by atoms with van der Waals surface area (Å²) >= 11 is -2.37. The molecule has 0 fully saturated rings. The zero-order chi connectivity index (χ0) is 12.3. The van der Waals surface area contributed by atoms with Crippen molar-refractivity contribution in [3.8, 4) is 0 Å². The van der Waals surface area contributed by atoms with Crippen LogP contribution in [-0.2, 0) is 11.3 Å². The van der Waals surface area contributed by atoms with E-state index in [2.05, 4.69) is 0 Å². The van der Waals surface area contributed by atoms with Crippen molar-refractivity contribution in [3.05, 3.63) is 42.5 Å². The van der Waals surface area contributed by atoms with Gasteiger partial charge < -0.3 is 14.0 Å². The van der Waals surface area contributed by atoms with Crippen LogP contribution in [0.4, 0.5) is 5.69 Å². The number of rotatable bonds is 4. The van der Waals surface area contributed by atoms with Crippen LogP contribution < -0.4 is 4.31 Å². The Morgan fingerprint density at radius 1 is 1.18 bits per heavy atom. The predicted molar refractivity (Wildman–Crippen MR) is 67.3 cm³/mol. The SMILES string of the molecule is O=S([O-])N(CCO)c1ccc2ccccc2c1. The molecule has 2 aromatic carbocycles. The van der Waals surface area contributed by atoms with Crippen LogP contribution in [0.2, 0.25) is 0 Å². The summed E-state index contributed by atoms with van der Waals surface area (Å²) in [7, 11) is 0. The number of nitrogens with zero attached hydrogens (tertiary/aromatic N) is 1. The van der Waals surface area contributed by atoms with Crippen LogP contribution in [0, 0.1) is 0 Å². The first-order chi connectivity index (χ1) is 8.22. The molecule has 0 saturated heterocycles. The van der Waals surface area contributed by atoms with Gasteiger partial charge in [0.2, 0.25) is 0 Å². The van der Waals surface area contributed by atoms with Gasteiger partial charge in [0.25, 0.3) is 0 Å². The highest BCUT2D eigenvalue weighted by atomic mass is 32.2. The molecule has 0 aromatic heterocycles. The molecule has 0 aliphatic heterocycles. The molecule has 0 saturated carbocycles. The van der Waals surface area contributed by atoms with Crippen LogP contribution >= 0.6 is 0 Å². The molecule has 2 rings (SSSR count). The molecular formula is C12H12NO3S-.